The quantitative estimate of drug-likeness (QED) is 0.262. The maximum Gasteiger partial charge on any atom is 2.00 e. The third-order valence-corrected chi connectivity index (χ3v) is 0. The molecule has 12 heavy (non-hydrogen) atoms. The maximum absolute atomic E-state index is 8.63. The minimum absolute atomic E-state index is 0. The van der Waals surface area contributed by atoms with E-state index in [1.54, 1.807) is 0 Å². The third-order valence-electron chi connectivity index (χ3n) is 0. The predicted octanol–water partition coefficient (Wildman–Crippen LogP) is -5.33. The van der Waals surface area contributed by atoms with Crippen molar-refractivity contribution in [2.75, 3.05) is 0 Å². The van der Waals surface area contributed by atoms with Crippen molar-refractivity contribution in [2.24, 2.45) is 0 Å². The van der Waals surface area contributed by atoms with Crippen LogP contribution in [0, 0.1) is 0 Å². The van der Waals surface area contributed by atoms with Gasteiger partial charge in [0, 0.05) is 10.4 Å². The van der Waals surface area contributed by atoms with Crippen molar-refractivity contribution < 1.29 is 84.1 Å². The number of hydrogen-bond acceptors (Lipinski definition) is 7. The van der Waals surface area contributed by atoms with Gasteiger partial charge in [0.15, 0.2) is 0 Å². The first kappa shape index (κ1) is 23.3. The molecule has 0 heterocycles. The second-order valence-electron chi connectivity index (χ2n) is 0.836. The van der Waals surface area contributed by atoms with Crippen molar-refractivity contribution >= 4 is 20.8 Å². The molecular weight excluding hydrogens is 281 g/mol. The van der Waals surface area contributed by atoms with Crippen molar-refractivity contribution in [3.8, 4) is 0 Å². The molecule has 0 atom stereocenters. The zero-order chi connectivity index (χ0) is 9.00. The molecule has 0 bridgehead atoms. The maximum atomic E-state index is 8.63. The van der Waals surface area contributed by atoms with Crippen molar-refractivity contribution in [3.05, 3.63) is 0 Å². The molecule has 0 amide bonds. The van der Waals surface area contributed by atoms with E-state index in [-0.39, 0.29) is 49.0 Å². The molecule has 0 saturated heterocycles. The summed E-state index contributed by atoms with van der Waals surface area (Å²) in [6.45, 7) is 0. The van der Waals surface area contributed by atoms with Gasteiger partial charge in [-0.15, -0.1) is 0 Å². The summed E-state index contributed by atoms with van der Waals surface area (Å²) in [5, 5.41) is 0. The molecule has 0 rings (SSSR count). The van der Waals surface area contributed by atoms with Gasteiger partial charge in [-0.25, -0.2) is 8.42 Å². The molecule has 64 valence electrons. The Bertz CT molecular complexity index is 213. The molecule has 0 radical (unpaired) electrons. The van der Waals surface area contributed by atoms with Crippen molar-refractivity contribution in [1.82, 2.24) is 0 Å². The Balaban J connectivity index is -0.0000000457. The molecule has 0 aliphatic carbocycles. The molecule has 0 aliphatic heterocycles. The van der Waals surface area contributed by atoms with Gasteiger partial charge in [0.05, 0.1) is 0 Å². The van der Waals surface area contributed by atoms with E-state index >= 15 is 0 Å². The third kappa shape index (κ3) is 657. The zero-order valence-electron chi connectivity index (χ0n) is 5.83. The summed E-state index contributed by atoms with van der Waals surface area (Å²) in [5.41, 5.74) is 0. The smallest absolute Gasteiger partial charge is 0.759 e. The minimum Gasteiger partial charge on any atom is -0.759 e. The van der Waals surface area contributed by atoms with E-state index in [0.29, 0.717) is 0 Å². The molecule has 0 aliphatic rings. The van der Waals surface area contributed by atoms with E-state index in [2.05, 4.69) is 0 Å². The Morgan fingerprint density at radius 1 is 0.917 bits per heavy atom. The second-order valence-corrected chi connectivity index (χ2v) is 2.51. The predicted molar refractivity (Wildman–Crippen MR) is 22.8 cm³/mol. The molecule has 0 fully saturated rings. The summed E-state index contributed by atoms with van der Waals surface area (Å²) in [7, 11) is -10.1. The first-order chi connectivity index (χ1) is 4.00. The van der Waals surface area contributed by atoms with Gasteiger partial charge in [-0.3, -0.25) is 13.0 Å². The summed E-state index contributed by atoms with van der Waals surface area (Å²) in [6, 6.07) is 0. The van der Waals surface area contributed by atoms with E-state index < -0.39 is 20.8 Å². The van der Waals surface area contributed by atoms with E-state index in [9.17, 15) is 0 Å². The zero-order valence-corrected chi connectivity index (χ0v) is 12.4. The second kappa shape index (κ2) is 8.94. The van der Waals surface area contributed by atoms with Crippen LogP contribution >= 0.6 is 0 Å². The van der Waals surface area contributed by atoms with Crippen LogP contribution in [0.1, 0.15) is 0 Å². The normalized spacial score (nSPS) is 9.67. The summed E-state index contributed by atoms with van der Waals surface area (Å²) >= 11 is 0. The van der Waals surface area contributed by atoms with Crippen LogP contribution in [-0.4, -0.2) is 35.0 Å². The Morgan fingerprint density at radius 3 is 0.917 bits per heavy atom. The first-order valence-corrected chi connectivity index (χ1v) is 4.05. The van der Waals surface area contributed by atoms with Crippen LogP contribution in [0.25, 0.3) is 0 Å². The van der Waals surface area contributed by atoms with Crippen LogP contribution in [0.2, 0.25) is 0 Å². The molecule has 1 N–H and O–H groups in total. The van der Waals surface area contributed by atoms with Crippen LogP contribution in [0.5, 0.6) is 0 Å². The van der Waals surface area contributed by atoms with Crippen LogP contribution in [0.15, 0.2) is 0 Å². The summed E-state index contributed by atoms with van der Waals surface area (Å²) in [6.07, 6.45) is 0. The Hall–Kier alpha value is 1.36. The Labute approximate surface area is 104 Å². The molecule has 0 spiro atoms. The van der Waals surface area contributed by atoms with E-state index in [1.165, 1.54) is 0 Å². The van der Waals surface area contributed by atoms with Crippen LogP contribution in [0.4, 0.5) is 0 Å². The van der Waals surface area contributed by atoms with Crippen LogP contribution in [0.3, 0.4) is 0 Å². The monoisotopic (exact) mass is 280 g/mol. The summed E-state index contributed by atoms with van der Waals surface area (Å²) < 4.78 is 66.9. The van der Waals surface area contributed by atoms with Crippen molar-refractivity contribution in [1.29, 1.82) is 0 Å². The topological polar surface area (TPSA) is 158 Å². The van der Waals surface area contributed by atoms with Gasteiger partial charge in [-0.2, -0.15) is 0 Å². The van der Waals surface area contributed by atoms with Crippen LogP contribution in [-0.2, 0) is 40.3 Å². The van der Waals surface area contributed by atoms with Gasteiger partial charge in [0.25, 0.3) is 0 Å². The molecule has 8 nitrogen and oxygen atoms in total. The molecule has 0 aromatic carbocycles. The summed E-state index contributed by atoms with van der Waals surface area (Å²) in [5.74, 6) is 0. The molecule has 12 heteroatoms. The largest absolute Gasteiger partial charge is 2.00 e. The molecule has 0 saturated carbocycles. The fourth-order valence-electron chi connectivity index (χ4n) is 0. The average molecular weight is 282 g/mol. The number of rotatable bonds is 0. The van der Waals surface area contributed by atoms with Gasteiger partial charge < -0.3 is 13.7 Å². The van der Waals surface area contributed by atoms with Gasteiger partial charge in [0.1, 0.15) is 0 Å². The Morgan fingerprint density at radius 2 is 0.917 bits per heavy atom. The standard InChI is InChI=1S/Na.2H2O4S.Zn/c;2*1-5(2,3)4;/h;2*(H2,1,2,3,4);/q+1;;;+2/p-3. The Kier molecular flexibility index (Phi) is 17.4. The first-order valence-electron chi connectivity index (χ1n) is 1.35. The van der Waals surface area contributed by atoms with Gasteiger partial charge in [0.2, 0.25) is 10.4 Å². The average Bonchev–Trinajstić information content (AvgIpc) is 1.12. The van der Waals surface area contributed by atoms with E-state index in [0.717, 1.165) is 0 Å². The van der Waals surface area contributed by atoms with Gasteiger partial charge >= 0.3 is 49.0 Å². The molecule has 0 aromatic rings. The SMILES string of the molecule is O=S(=O)([O-])O.O=S(=O)([O-])[O-].[Na+].[Zn+2]. The fourth-order valence-corrected chi connectivity index (χ4v) is 0. The summed E-state index contributed by atoms with van der Waals surface area (Å²) in [4.78, 5) is 0. The van der Waals surface area contributed by atoms with Crippen molar-refractivity contribution in [2.45, 2.75) is 0 Å². The van der Waals surface area contributed by atoms with Crippen molar-refractivity contribution in [3.63, 3.8) is 0 Å². The van der Waals surface area contributed by atoms with Crippen LogP contribution < -0.4 is 29.6 Å². The van der Waals surface area contributed by atoms with Gasteiger partial charge in [-0.05, 0) is 0 Å². The van der Waals surface area contributed by atoms with E-state index in [1.807, 2.05) is 0 Å². The minimum atomic E-state index is -5.17. The molecular formula is HNaO8S2Zn. The van der Waals surface area contributed by atoms with Gasteiger partial charge in [-0.1, -0.05) is 0 Å². The fraction of sp³-hybridized carbons (Fsp3) is 0. The number of hydrogen-bond donors (Lipinski definition) is 1. The van der Waals surface area contributed by atoms with E-state index in [4.69, 9.17) is 35.0 Å². The molecule has 0 unspecified atom stereocenters. The molecule has 0 aromatic heterocycles.